The second-order valence-corrected chi connectivity index (χ2v) is 7.46. The summed E-state index contributed by atoms with van der Waals surface area (Å²) in [4.78, 5) is 10.7. The number of ether oxygens (including phenoxy) is 1. The third kappa shape index (κ3) is 4.66. The number of sulfonamides is 1. The van der Waals surface area contributed by atoms with Crippen LogP contribution >= 0.6 is 0 Å². The van der Waals surface area contributed by atoms with Crippen molar-refractivity contribution in [1.29, 1.82) is 5.26 Å². The number of nitrogens with one attached hydrogen (secondary N) is 1. The molecule has 2 heterocycles. The van der Waals surface area contributed by atoms with Crippen LogP contribution < -0.4 is 15.2 Å². The van der Waals surface area contributed by atoms with Gasteiger partial charge in [-0.2, -0.15) is 5.26 Å². The summed E-state index contributed by atoms with van der Waals surface area (Å²) < 4.78 is 61.4. The standard InChI is InChI=1S/C19H12F2N6O3S/c1-30-18-16(6-12(7-22)10-24-18)31(28,29)27-15-5-4-14(20)13(17(15)21)3-2-11-8-25-19(23)26-9-11/h4-6,8-10,27H,1H3,(H2,23,25,26). The Morgan fingerprint density at radius 3 is 2.42 bits per heavy atom. The highest BCUT2D eigenvalue weighted by molar-refractivity contribution is 7.92. The van der Waals surface area contributed by atoms with Crippen LogP contribution in [0.5, 0.6) is 5.88 Å². The molecule has 0 spiro atoms. The zero-order valence-electron chi connectivity index (χ0n) is 15.7. The van der Waals surface area contributed by atoms with Crippen LogP contribution in [0.3, 0.4) is 0 Å². The minimum absolute atomic E-state index is 0.00435. The number of hydrogen-bond donors (Lipinski definition) is 2. The molecule has 2 aromatic heterocycles. The van der Waals surface area contributed by atoms with Crippen molar-refractivity contribution in [2.24, 2.45) is 0 Å². The van der Waals surface area contributed by atoms with Gasteiger partial charge >= 0.3 is 0 Å². The first kappa shape index (κ1) is 21.4. The molecule has 3 N–H and O–H groups in total. The van der Waals surface area contributed by atoms with E-state index in [-0.39, 0.29) is 23.0 Å². The van der Waals surface area contributed by atoms with Crippen molar-refractivity contribution in [2.75, 3.05) is 17.6 Å². The molecule has 9 nitrogen and oxygen atoms in total. The summed E-state index contributed by atoms with van der Waals surface area (Å²) in [6.07, 6.45) is 3.64. The molecule has 1 aromatic carbocycles. The maximum Gasteiger partial charge on any atom is 0.267 e. The van der Waals surface area contributed by atoms with Gasteiger partial charge in [-0.15, -0.1) is 0 Å². The Bertz CT molecular complexity index is 1360. The number of pyridine rings is 1. The normalized spacial score (nSPS) is 10.5. The van der Waals surface area contributed by atoms with E-state index in [9.17, 15) is 17.2 Å². The number of anilines is 2. The first-order valence-electron chi connectivity index (χ1n) is 8.29. The number of benzene rings is 1. The second-order valence-electron chi connectivity index (χ2n) is 5.81. The van der Waals surface area contributed by atoms with Gasteiger partial charge in [-0.05, 0) is 18.2 Å². The highest BCUT2D eigenvalue weighted by Crippen LogP contribution is 2.27. The number of methoxy groups -OCH3 is 1. The third-order valence-electron chi connectivity index (χ3n) is 3.77. The lowest BCUT2D eigenvalue weighted by molar-refractivity contribution is 0.385. The fourth-order valence-corrected chi connectivity index (χ4v) is 3.53. The minimum atomic E-state index is -4.45. The number of nitrogen functional groups attached to an aromatic ring is 1. The summed E-state index contributed by atoms with van der Waals surface area (Å²) in [5, 5.41) is 8.98. The Morgan fingerprint density at radius 2 is 1.77 bits per heavy atom. The van der Waals surface area contributed by atoms with Gasteiger partial charge in [0.05, 0.1) is 29.5 Å². The molecule has 0 radical (unpaired) electrons. The van der Waals surface area contributed by atoms with Gasteiger partial charge in [0.15, 0.2) is 10.7 Å². The van der Waals surface area contributed by atoms with Gasteiger partial charge in [0.1, 0.15) is 11.9 Å². The Morgan fingerprint density at radius 1 is 1.10 bits per heavy atom. The summed E-state index contributed by atoms with van der Waals surface area (Å²) in [6, 6.07) is 4.51. The monoisotopic (exact) mass is 442 g/mol. The molecular formula is C19H12F2N6O3S. The Labute approximate surface area is 175 Å². The van der Waals surface area contributed by atoms with E-state index in [1.807, 2.05) is 4.72 Å². The van der Waals surface area contributed by atoms with Crippen molar-refractivity contribution in [2.45, 2.75) is 4.90 Å². The number of aromatic nitrogens is 3. The van der Waals surface area contributed by atoms with Gasteiger partial charge in [-0.3, -0.25) is 4.72 Å². The van der Waals surface area contributed by atoms with E-state index in [1.54, 1.807) is 6.07 Å². The van der Waals surface area contributed by atoms with Crippen LogP contribution in [-0.4, -0.2) is 30.5 Å². The predicted octanol–water partition coefficient (Wildman–Crippen LogP) is 1.81. The Hall–Kier alpha value is -4.29. The van der Waals surface area contributed by atoms with Crippen molar-refractivity contribution in [1.82, 2.24) is 15.0 Å². The fourth-order valence-electron chi connectivity index (χ4n) is 2.32. The summed E-state index contributed by atoms with van der Waals surface area (Å²) >= 11 is 0. The fraction of sp³-hybridized carbons (Fsp3) is 0.0526. The molecule has 0 saturated heterocycles. The van der Waals surface area contributed by atoms with Gasteiger partial charge in [0.2, 0.25) is 11.8 Å². The van der Waals surface area contributed by atoms with E-state index in [4.69, 9.17) is 15.7 Å². The number of rotatable bonds is 4. The molecule has 0 aliphatic heterocycles. The highest BCUT2D eigenvalue weighted by atomic mass is 32.2. The zero-order chi connectivity index (χ0) is 22.6. The number of hydrogen-bond acceptors (Lipinski definition) is 8. The largest absolute Gasteiger partial charge is 0.480 e. The van der Waals surface area contributed by atoms with Crippen LogP contribution in [-0.2, 0) is 10.0 Å². The molecule has 0 unspecified atom stereocenters. The number of nitrogens with two attached hydrogens (primary N) is 1. The van der Waals surface area contributed by atoms with Crippen LogP contribution in [0, 0.1) is 34.8 Å². The molecule has 0 saturated carbocycles. The first-order valence-corrected chi connectivity index (χ1v) is 9.78. The molecule has 0 bridgehead atoms. The molecule has 3 aromatic rings. The smallest absolute Gasteiger partial charge is 0.267 e. The van der Waals surface area contributed by atoms with Crippen LogP contribution in [0.25, 0.3) is 0 Å². The molecule has 0 amide bonds. The lowest BCUT2D eigenvalue weighted by Crippen LogP contribution is -2.16. The van der Waals surface area contributed by atoms with E-state index in [0.29, 0.717) is 0 Å². The van der Waals surface area contributed by atoms with E-state index >= 15 is 0 Å². The number of nitriles is 1. The van der Waals surface area contributed by atoms with E-state index in [0.717, 1.165) is 24.4 Å². The third-order valence-corrected chi connectivity index (χ3v) is 5.13. The number of nitrogens with zero attached hydrogens (tertiary/aromatic N) is 4. The predicted molar refractivity (Wildman–Crippen MR) is 105 cm³/mol. The van der Waals surface area contributed by atoms with Gasteiger partial charge < -0.3 is 10.5 Å². The molecule has 12 heteroatoms. The van der Waals surface area contributed by atoms with Gasteiger partial charge in [-0.25, -0.2) is 32.2 Å². The van der Waals surface area contributed by atoms with Crippen molar-refractivity contribution in [3.05, 3.63) is 65.1 Å². The van der Waals surface area contributed by atoms with Crippen LogP contribution in [0.15, 0.2) is 41.7 Å². The van der Waals surface area contributed by atoms with E-state index < -0.39 is 37.8 Å². The summed E-state index contributed by atoms with van der Waals surface area (Å²) in [5.74, 6) is 2.21. The molecule has 0 aliphatic rings. The summed E-state index contributed by atoms with van der Waals surface area (Å²) in [7, 11) is -3.26. The number of halogens is 2. The SMILES string of the molecule is COc1ncc(C#N)cc1S(=O)(=O)Nc1ccc(F)c(C#Cc2cnc(N)nc2)c1F. The average Bonchev–Trinajstić information content (AvgIpc) is 2.76. The molecule has 0 aliphatic carbocycles. The molecular weight excluding hydrogens is 430 g/mol. The Kier molecular flexibility index (Phi) is 5.95. The first-order chi connectivity index (χ1) is 14.7. The average molecular weight is 442 g/mol. The summed E-state index contributed by atoms with van der Waals surface area (Å²) in [6.45, 7) is 0. The van der Waals surface area contributed by atoms with Gasteiger partial charge in [0, 0.05) is 18.6 Å². The topological polar surface area (TPSA) is 144 Å². The molecule has 0 atom stereocenters. The van der Waals surface area contributed by atoms with Crippen LogP contribution in [0.2, 0.25) is 0 Å². The lowest BCUT2D eigenvalue weighted by Gasteiger charge is -2.12. The lowest BCUT2D eigenvalue weighted by atomic mass is 10.1. The molecule has 0 fully saturated rings. The van der Waals surface area contributed by atoms with Crippen molar-refractivity contribution in [3.8, 4) is 23.8 Å². The molecule has 3 rings (SSSR count). The second kappa shape index (κ2) is 8.61. The van der Waals surface area contributed by atoms with Crippen LogP contribution in [0.1, 0.15) is 16.7 Å². The van der Waals surface area contributed by atoms with Gasteiger partial charge in [-0.1, -0.05) is 11.8 Å². The Balaban J connectivity index is 2.01. The zero-order valence-corrected chi connectivity index (χ0v) is 16.5. The van der Waals surface area contributed by atoms with Crippen molar-refractivity contribution in [3.63, 3.8) is 0 Å². The van der Waals surface area contributed by atoms with Crippen molar-refractivity contribution >= 4 is 21.7 Å². The minimum Gasteiger partial charge on any atom is -0.480 e. The molecule has 156 valence electrons. The van der Waals surface area contributed by atoms with Crippen LogP contribution in [0.4, 0.5) is 20.4 Å². The van der Waals surface area contributed by atoms with Crippen molar-refractivity contribution < 1.29 is 21.9 Å². The molecule has 31 heavy (non-hydrogen) atoms. The van der Waals surface area contributed by atoms with E-state index in [2.05, 4.69) is 26.8 Å². The quantitative estimate of drug-likeness (QED) is 0.582. The summed E-state index contributed by atoms with van der Waals surface area (Å²) in [5.41, 5.74) is 4.30. The van der Waals surface area contributed by atoms with Gasteiger partial charge in [0.25, 0.3) is 10.0 Å². The maximum absolute atomic E-state index is 14.9. The van der Waals surface area contributed by atoms with E-state index in [1.165, 1.54) is 19.5 Å². The maximum atomic E-state index is 14.9. The highest BCUT2D eigenvalue weighted by Gasteiger charge is 2.24.